The van der Waals surface area contributed by atoms with E-state index >= 15 is 0 Å². The van der Waals surface area contributed by atoms with E-state index in [0.717, 1.165) is 32.1 Å². The maximum atomic E-state index is 13.9. The molecular weight excluding hydrogens is 650 g/mol. The van der Waals surface area contributed by atoms with Crippen molar-refractivity contribution in [3.05, 3.63) is 60.3 Å². The fraction of sp³-hybridized carbons (Fsp3) is 0.590. The zero-order valence-corrected chi connectivity index (χ0v) is 30.7. The topological polar surface area (TPSA) is 178 Å². The molecule has 2 aromatic rings. The molecule has 3 rings (SSSR count). The molecule has 1 aliphatic carbocycles. The van der Waals surface area contributed by atoms with Gasteiger partial charge in [0.2, 0.25) is 17.7 Å². The molecule has 51 heavy (non-hydrogen) atoms. The summed E-state index contributed by atoms with van der Waals surface area (Å²) in [7, 11) is 1.62. The van der Waals surface area contributed by atoms with Crippen molar-refractivity contribution in [1.29, 1.82) is 0 Å². The van der Waals surface area contributed by atoms with E-state index in [1.807, 2.05) is 33.8 Å². The molecular formula is C39H57N5O7. The van der Waals surface area contributed by atoms with E-state index in [0.29, 0.717) is 24.2 Å². The number of carbonyl (C=O) groups is 5. The number of anilines is 1. The molecule has 0 bridgehead atoms. The summed E-state index contributed by atoms with van der Waals surface area (Å²) in [5.74, 6) is -3.56. The Morgan fingerprint density at radius 2 is 1.57 bits per heavy atom. The molecule has 12 nitrogen and oxygen atoms in total. The van der Waals surface area contributed by atoms with Gasteiger partial charge < -0.3 is 26.2 Å². The predicted octanol–water partition coefficient (Wildman–Crippen LogP) is 4.26. The number of aliphatic carboxylic acids is 1. The highest BCUT2D eigenvalue weighted by molar-refractivity contribution is 5.98. The number of rotatable bonds is 19. The molecule has 6 atom stereocenters. The van der Waals surface area contributed by atoms with Gasteiger partial charge in [0.15, 0.2) is 0 Å². The molecule has 12 heteroatoms. The average molecular weight is 708 g/mol. The first-order valence-electron chi connectivity index (χ1n) is 18.3. The van der Waals surface area contributed by atoms with E-state index < -0.39 is 54.4 Å². The third-order valence-corrected chi connectivity index (χ3v) is 10.1. The molecule has 0 radical (unpaired) electrons. The lowest BCUT2D eigenvalue weighted by Crippen LogP contribution is -2.55. The van der Waals surface area contributed by atoms with Gasteiger partial charge >= 0.3 is 5.97 Å². The highest BCUT2D eigenvalue weighted by Crippen LogP contribution is 2.30. The minimum atomic E-state index is -1.36. The van der Waals surface area contributed by atoms with Crippen LogP contribution in [0, 0.1) is 23.7 Å². The van der Waals surface area contributed by atoms with E-state index in [1.165, 1.54) is 4.90 Å². The largest absolute Gasteiger partial charge is 0.481 e. The Hall–Kier alpha value is -4.32. The van der Waals surface area contributed by atoms with Gasteiger partial charge in [-0.3, -0.25) is 28.9 Å². The molecule has 5 N–H and O–H groups in total. The number of aliphatic hydroxyl groups is 1. The van der Waals surface area contributed by atoms with Gasteiger partial charge in [0.25, 0.3) is 5.91 Å². The van der Waals surface area contributed by atoms with Gasteiger partial charge in [-0.25, -0.2) is 4.98 Å². The van der Waals surface area contributed by atoms with Gasteiger partial charge in [-0.2, -0.15) is 0 Å². The number of aromatic nitrogens is 1. The van der Waals surface area contributed by atoms with E-state index in [2.05, 4.69) is 20.9 Å². The van der Waals surface area contributed by atoms with Crippen LogP contribution in [-0.4, -0.2) is 76.1 Å². The maximum absolute atomic E-state index is 13.9. The fourth-order valence-corrected chi connectivity index (χ4v) is 6.71. The molecule has 1 heterocycles. The minimum Gasteiger partial charge on any atom is -0.481 e. The van der Waals surface area contributed by atoms with Crippen molar-refractivity contribution >= 4 is 35.4 Å². The van der Waals surface area contributed by atoms with Crippen LogP contribution < -0.4 is 20.9 Å². The van der Waals surface area contributed by atoms with Crippen molar-refractivity contribution in [3.8, 4) is 0 Å². The Bertz CT molecular complexity index is 1420. The lowest BCUT2D eigenvalue weighted by atomic mass is 9.81. The number of carbonyl (C=O) groups excluding carboxylic acids is 4. The summed E-state index contributed by atoms with van der Waals surface area (Å²) < 4.78 is 0. The SMILES string of the molecule is CC[C@@H](C)[C@H](NC(=O)[C@@H](CC(O)[C@H](CC1CCCCC1)NC(=O)[C@@H](CC(=O)O)NC(=O)Cc1ccccc1)C(C)C)C(=O)N(C)c1ccccn1. The van der Waals surface area contributed by atoms with E-state index in [4.69, 9.17) is 0 Å². The molecule has 1 fully saturated rings. The van der Waals surface area contributed by atoms with Crippen LogP contribution in [0.1, 0.15) is 91.0 Å². The van der Waals surface area contributed by atoms with Crippen LogP contribution in [0.5, 0.6) is 0 Å². The number of nitrogens with one attached hydrogen (secondary N) is 3. The number of hydrogen-bond donors (Lipinski definition) is 5. The van der Waals surface area contributed by atoms with Gasteiger partial charge in [0, 0.05) is 19.2 Å². The number of amides is 4. The Labute approximate surface area is 302 Å². The van der Waals surface area contributed by atoms with Crippen molar-refractivity contribution < 1.29 is 34.2 Å². The number of hydrogen-bond acceptors (Lipinski definition) is 7. The van der Waals surface area contributed by atoms with E-state index in [1.54, 1.807) is 55.7 Å². The van der Waals surface area contributed by atoms with Crippen LogP contribution in [0.25, 0.3) is 0 Å². The second-order valence-electron chi connectivity index (χ2n) is 14.3. The molecule has 280 valence electrons. The summed E-state index contributed by atoms with van der Waals surface area (Å²) in [4.78, 5) is 71.6. The first kappa shape index (κ1) is 41.1. The van der Waals surface area contributed by atoms with Crippen molar-refractivity contribution in [2.75, 3.05) is 11.9 Å². The van der Waals surface area contributed by atoms with E-state index in [9.17, 15) is 34.2 Å². The zero-order chi connectivity index (χ0) is 37.5. The number of benzene rings is 1. The highest BCUT2D eigenvalue weighted by atomic mass is 16.4. The number of pyridine rings is 1. The minimum absolute atomic E-state index is 0.00261. The van der Waals surface area contributed by atoms with Gasteiger partial charge in [0.1, 0.15) is 17.9 Å². The first-order chi connectivity index (χ1) is 24.3. The number of carboxylic acids is 1. The van der Waals surface area contributed by atoms with Crippen molar-refractivity contribution in [2.24, 2.45) is 23.7 Å². The van der Waals surface area contributed by atoms with Crippen LogP contribution in [0.2, 0.25) is 0 Å². The summed E-state index contributed by atoms with van der Waals surface area (Å²) in [6.07, 6.45) is 5.91. The lowest BCUT2D eigenvalue weighted by molar-refractivity contribution is -0.141. The maximum Gasteiger partial charge on any atom is 0.305 e. The molecule has 0 saturated heterocycles. The lowest BCUT2D eigenvalue weighted by Gasteiger charge is -2.34. The Morgan fingerprint density at radius 1 is 0.902 bits per heavy atom. The Balaban J connectivity index is 1.79. The quantitative estimate of drug-likeness (QED) is 0.144. The fourth-order valence-electron chi connectivity index (χ4n) is 6.71. The van der Waals surface area contributed by atoms with Gasteiger partial charge in [-0.05, 0) is 48.3 Å². The van der Waals surface area contributed by atoms with Crippen LogP contribution in [0.4, 0.5) is 5.82 Å². The molecule has 1 saturated carbocycles. The molecule has 1 aromatic heterocycles. The summed E-state index contributed by atoms with van der Waals surface area (Å²) in [6, 6.07) is 11.2. The summed E-state index contributed by atoms with van der Waals surface area (Å²) in [5.41, 5.74) is 0.716. The summed E-state index contributed by atoms with van der Waals surface area (Å²) in [6.45, 7) is 7.59. The monoisotopic (exact) mass is 707 g/mol. The van der Waals surface area contributed by atoms with Crippen LogP contribution in [0.3, 0.4) is 0 Å². The third-order valence-electron chi connectivity index (χ3n) is 10.1. The number of carboxylic acid groups (broad SMARTS) is 1. The second kappa shape index (κ2) is 20.5. The van der Waals surface area contributed by atoms with Crippen molar-refractivity contribution in [3.63, 3.8) is 0 Å². The second-order valence-corrected chi connectivity index (χ2v) is 14.3. The molecule has 0 aliphatic heterocycles. The summed E-state index contributed by atoms with van der Waals surface area (Å²) in [5, 5.41) is 29.8. The van der Waals surface area contributed by atoms with Crippen LogP contribution >= 0.6 is 0 Å². The van der Waals surface area contributed by atoms with E-state index in [-0.39, 0.29) is 42.4 Å². The molecule has 1 aliphatic rings. The molecule has 4 amide bonds. The average Bonchev–Trinajstić information content (AvgIpc) is 3.11. The number of nitrogens with zero attached hydrogens (tertiary/aromatic N) is 2. The predicted molar refractivity (Wildman–Crippen MR) is 195 cm³/mol. The third kappa shape index (κ3) is 13.1. The standard InChI is InChI=1S/C39H57N5O7/c1-6-26(4)36(39(51)44(5)33-19-13-14-20-40-33)43-37(49)29(25(2)3)23-32(45)30(21-27-15-9-7-10-16-27)42-38(50)31(24-35(47)48)41-34(46)22-28-17-11-8-12-18-28/h8,11-14,17-20,25-27,29-32,36,45H,6-7,9-10,15-16,21-24H2,1-5H3,(H,41,46)(H,42,50)(H,43,49)(H,47,48)/t26-,29+,30+,31-,32?,36+/m1/s1. The van der Waals surface area contributed by atoms with Crippen molar-refractivity contribution in [1.82, 2.24) is 20.9 Å². The number of aliphatic hydroxyl groups excluding tert-OH is 1. The molecule has 0 spiro atoms. The highest BCUT2D eigenvalue weighted by Gasteiger charge is 2.36. The van der Waals surface area contributed by atoms with Crippen LogP contribution in [0.15, 0.2) is 54.7 Å². The smallest absolute Gasteiger partial charge is 0.305 e. The Kier molecular flexibility index (Phi) is 16.5. The van der Waals surface area contributed by atoms with Crippen LogP contribution in [-0.2, 0) is 30.4 Å². The van der Waals surface area contributed by atoms with Gasteiger partial charge in [-0.15, -0.1) is 0 Å². The normalized spacial score (nSPS) is 16.9. The Morgan fingerprint density at radius 3 is 2.16 bits per heavy atom. The molecule has 1 aromatic carbocycles. The van der Waals surface area contributed by atoms with Crippen molar-refractivity contribution in [2.45, 2.75) is 116 Å². The van der Waals surface area contributed by atoms with Gasteiger partial charge in [-0.1, -0.05) is 103 Å². The first-order valence-corrected chi connectivity index (χ1v) is 18.3. The summed E-state index contributed by atoms with van der Waals surface area (Å²) >= 11 is 0. The number of likely N-dealkylation sites (N-methyl/N-ethyl adjacent to an activating group) is 1. The van der Waals surface area contributed by atoms with Gasteiger partial charge in [0.05, 0.1) is 25.0 Å². The molecule has 1 unspecified atom stereocenters. The zero-order valence-electron chi connectivity index (χ0n) is 30.7.